The van der Waals surface area contributed by atoms with Gasteiger partial charge >= 0.3 is 0 Å². The maximum atomic E-state index is 9.58. The maximum absolute atomic E-state index is 9.58. The zero-order valence-electron chi connectivity index (χ0n) is 11.3. The molecular weight excluding hydrogens is 288 g/mol. The smallest absolute Gasteiger partial charge is 0.257 e. The molecule has 6 heteroatoms. The van der Waals surface area contributed by atoms with Crippen molar-refractivity contribution in [3.63, 3.8) is 0 Å². The van der Waals surface area contributed by atoms with Crippen LogP contribution < -0.4 is 10.7 Å². The molecule has 20 heavy (non-hydrogen) atoms. The van der Waals surface area contributed by atoms with Gasteiger partial charge in [-0.15, -0.1) is 24.0 Å². The fraction of sp³-hybridized carbons (Fsp3) is 0.500. The molecule has 0 amide bonds. The van der Waals surface area contributed by atoms with E-state index in [0.717, 1.165) is 42.0 Å². The number of nitriles is 1. The van der Waals surface area contributed by atoms with Gasteiger partial charge in [-0.05, 0) is 19.8 Å². The van der Waals surface area contributed by atoms with Gasteiger partial charge in [-0.3, -0.25) is 5.73 Å². The zero-order valence-corrected chi connectivity index (χ0v) is 13.0. The van der Waals surface area contributed by atoms with Crippen LogP contribution in [0.2, 0.25) is 0 Å². The number of rotatable bonds is 1. The van der Waals surface area contributed by atoms with Crippen LogP contribution in [0.5, 0.6) is 0 Å². The van der Waals surface area contributed by atoms with Crippen molar-refractivity contribution in [1.82, 2.24) is 4.98 Å². The number of thiazole rings is 1. The van der Waals surface area contributed by atoms with Crippen molar-refractivity contribution >= 4 is 29.8 Å². The lowest BCUT2D eigenvalue weighted by Crippen LogP contribution is -2.77. The molecule has 104 valence electrons. The van der Waals surface area contributed by atoms with Crippen LogP contribution in [0.3, 0.4) is 0 Å². The molecule has 3 rings (SSSR count). The third kappa shape index (κ3) is 1.88. The number of thiol groups is 1. The Morgan fingerprint density at radius 1 is 1.55 bits per heavy atom. The second-order valence-electron chi connectivity index (χ2n) is 5.54. The van der Waals surface area contributed by atoms with Crippen molar-refractivity contribution in [1.29, 1.82) is 5.26 Å². The Bertz CT molecular complexity index is 644. The van der Waals surface area contributed by atoms with Crippen LogP contribution in [0.4, 0.5) is 0 Å². The topological polar surface area (TPSA) is 76.7 Å². The number of hydrogen-bond acceptors (Lipinski definition) is 5. The van der Waals surface area contributed by atoms with E-state index in [0.29, 0.717) is 10.9 Å². The fourth-order valence-electron chi connectivity index (χ4n) is 3.53. The predicted octanol–water partition coefficient (Wildman–Crippen LogP) is 1.21. The molecule has 2 heterocycles. The third-order valence-electron chi connectivity index (χ3n) is 4.35. The van der Waals surface area contributed by atoms with E-state index in [4.69, 9.17) is 5.73 Å². The number of hydrogen-bond donors (Lipinski definition) is 3. The number of aromatic nitrogens is 1. The molecule has 1 aliphatic heterocycles. The minimum Gasteiger partial charge on any atom is -0.290 e. The Labute approximate surface area is 127 Å². The molecule has 1 fully saturated rings. The highest BCUT2D eigenvalue weighted by Gasteiger charge is 2.53. The Balaban J connectivity index is 2.18. The van der Waals surface area contributed by atoms with Gasteiger partial charge in [0.25, 0.3) is 5.84 Å². The molecule has 0 bridgehead atoms. The van der Waals surface area contributed by atoms with Crippen LogP contribution in [0.1, 0.15) is 42.3 Å². The first-order chi connectivity index (χ1) is 9.58. The number of allylic oxidation sites excluding steroid dienone is 1. The number of amidine groups is 1. The van der Waals surface area contributed by atoms with E-state index in [-0.39, 0.29) is 11.3 Å². The van der Waals surface area contributed by atoms with Crippen LogP contribution in [0.25, 0.3) is 0 Å². The molecule has 1 aromatic rings. The second-order valence-corrected chi connectivity index (χ2v) is 6.88. The zero-order chi connectivity index (χ0) is 14.3. The van der Waals surface area contributed by atoms with Crippen molar-refractivity contribution in [2.45, 2.75) is 38.5 Å². The molecule has 0 saturated heterocycles. The molecule has 0 unspecified atom stereocenters. The molecule has 1 aliphatic carbocycles. The average Bonchev–Trinajstić information content (AvgIpc) is 3.00. The van der Waals surface area contributed by atoms with E-state index in [1.807, 2.05) is 12.3 Å². The van der Waals surface area contributed by atoms with Gasteiger partial charge < -0.3 is 0 Å². The van der Waals surface area contributed by atoms with Gasteiger partial charge in [0.05, 0.1) is 5.57 Å². The highest BCUT2D eigenvalue weighted by molar-refractivity contribution is 7.84. The van der Waals surface area contributed by atoms with Gasteiger partial charge in [-0.2, -0.15) is 5.26 Å². The summed E-state index contributed by atoms with van der Waals surface area (Å²) in [6.07, 6.45) is 4.21. The maximum Gasteiger partial charge on any atom is 0.257 e. The molecule has 3 N–H and O–H groups in total. The van der Waals surface area contributed by atoms with Crippen LogP contribution in [-0.4, -0.2) is 10.8 Å². The Morgan fingerprint density at radius 3 is 2.80 bits per heavy atom. The van der Waals surface area contributed by atoms with Crippen molar-refractivity contribution in [2.75, 3.05) is 0 Å². The van der Waals surface area contributed by atoms with E-state index in [2.05, 4.69) is 28.7 Å². The molecule has 1 spiro atoms. The van der Waals surface area contributed by atoms with Crippen LogP contribution >= 0.6 is 24.0 Å². The molecule has 4 nitrogen and oxygen atoms in total. The Hall–Kier alpha value is -1.32. The largest absolute Gasteiger partial charge is 0.290 e. The van der Waals surface area contributed by atoms with Gasteiger partial charge in [0.2, 0.25) is 0 Å². The highest BCUT2D eigenvalue weighted by Crippen LogP contribution is 2.55. The van der Waals surface area contributed by atoms with E-state index in [1.54, 1.807) is 11.3 Å². The van der Waals surface area contributed by atoms with E-state index in [1.165, 1.54) is 0 Å². The minimum absolute atomic E-state index is 0.0192. The summed E-state index contributed by atoms with van der Waals surface area (Å²) in [4.78, 5) is 7.69. The normalized spacial score (nSPS) is 24.9. The van der Waals surface area contributed by atoms with E-state index >= 15 is 0 Å². The summed E-state index contributed by atoms with van der Waals surface area (Å²) in [7, 11) is 0. The van der Waals surface area contributed by atoms with Gasteiger partial charge in [-0.1, -0.05) is 12.8 Å². The number of aryl methyl sites for hydroxylation is 1. The summed E-state index contributed by atoms with van der Waals surface area (Å²) < 4.78 is 0. The average molecular weight is 305 g/mol. The first-order valence-electron chi connectivity index (χ1n) is 6.73. The lowest BCUT2D eigenvalue weighted by Gasteiger charge is -2.36. The second kappa shape index (κ2) is 4.90. The van der Waals surface area contributed by atoms with Crippen molar-refractivity contribution in [3.8, 4) is 6.07 Å². The van der Waals surface area contributed by atoms with Gasteiger partial charge in [0.1, 0.15) is 17.0 Å². The van der Waals surface area contributed by atoms with Crippen molar-refractivity contribution in [2.24, 2.45) is 11.1 Å². The van der Waals surface area contributed by atoms with E-state index < -0.39 is 0 Å². The highest BCUT2D eigenvalue weighted by atomic mass is 32.1. The number of nitrogens with zero attached hydrogens (tertiary/aromatic N) is 2. The first-order valence-corrected chi connectivity index (χ1v) is 8.06. The minimum atomic E-state index is -0.217. The molecule has 2 aliphatic rings. The summed E-state index contributed by atoms with van der Waals surface area (Å²) in [5.74, 6) is 0.652. The Morgan fingerprint density at radius 2 is 2.25 bits per heavy atom. The Kier molecular flexibility index (Phi) is 3.35. The molecular formula is C14H17N4S2+. The lowest BCUT2D eigenvalue weighted by molar-refractivity contribution is -0.390. The lowest BCUT2D eigenvalue weighted by atomic mass is 9.67. The fourth-order valence-corrected chi connectivity index (χ4v) is 4.96. The van der Waals surface area contributed by atoms with Crippen LogP contribution in [0.15, 0.2) is 16.0 Å². The summed E-state index contributed by atoms with van der Waals surface area (Å²) in [5, 5.41) is 13.2. The monoisotopic (exact) mass is 305 g/mol. The molecule has 1 atom stereocenters. The summed E-state index contributed by atoms with van der Waals surface area (Å²) in [5.41, 5.74) is 7.79. The summed E-state index contributed by atoms with van der Waals surface area (Å²) in [6.45, 7) is 1.98. The molecule has 0 aromatic carbocycles. The number of nitrogens with two attached hydrogens (primary N) is 1. The van der Waals surface area contributed by atoms with Gasteiger partial charge in [0, 0.05) is 16.5 Å². The standard InChI is InChI=1S/C14H16N4S2/c1-8-7-20-13(17-8)10-11(16)18-12(19)9(6-15)14(10)4-2-3-5-14/h7,10,19H,2-5H2,1H3,(H2,16,18)/p+1/t10-/m0/s1. The van der Waals surface area contributed by atoms with Crippen molar-refractivity contribution < 1.29 is 4.99 Å². The molecule has 1 aromatic heterocycles. The third-order valence-corrected chi connectivity index (χ3v) is 5.72. The molecule has 0 radical (unpaired) electrons. The number of nitrogens with one attached hydrogen (secondary N) is 1. The first kappa shape index (κ1) is 13.7. The van der Waals surface area contributed by atoms with Crippen LogP contribution in [-0.2, 0) is 0 Å². The predicted molar refractivity (Wildman–Crippen MR) is 82.3 cm³/mol. The quantitative estimate of drug-likeness (QED) is 0.683. The SMILES string of the molecule is Cc1csc([C@@H]2C(N)=[NH+]C(S)=C(C#N)C23CCCC3)n1. The summed E-state index contributed by atoms with van der Waals surface area (Å²) in [6, 6.07) is 2.36. The van der Waals surface area contributed by atoms with Crippen molar-refractivity contribution in [3.05, 3.63) is 26.7 Å². The summed E-state index contributed by atoms with van der Waals surface area (Å²) >= 11 is 6.06. The van der Waals surface area contributed by atoms with Gasteiger partial charge in [0.15, 0.2) is 5.03 Å². The van der Waals surface area contributed by atoms with Crippen LogP contribution in [0, 0.1) is 23.7 Å². The molecule has 1 saturated carbocycles. The van der Waals surface area contributed by atoms with E-state index in [9.17, 15) is 5.26 Å². The van der Waals surface area contributed by atoms with Gasteiger partial charge in [-0.25, -0.2) is 9.98 Å².